The molecule has 214 valence electrons. The van der Waals surface area contributed by atoms with Gasteiger partial charge in [-0.25, -0.2) is 12.8 Å². The van der Waals surface area contributed by atoms with Crippen LogP contribution in [0.5, 0.6) is 0 Å². The summed E-state index contributed by atoms with van der Waals surface area (Å²) in [5, 5.41) is 3.41. The molecule has 0 spiro atoms. The second-order valence-corrected chi connectivity index (χ2v) is 12.2. The lowest BCUT2D eigenvalue weighted by Gasteiger charge is -2.34. The molecular formula is C30H35ClFN3O4S. The van der Waals surface area contributed by atoms with Crippen LogP contribution < -0.4 is 9.62 Å². The summed E-state index contributed by atoms with van der Waals surface area (Å²) < 4.78 is 40.5. The van der Waals surface area contributed by atoms with Crippen LogP contribution in [0.3, 0.4) is 0 Å². The maximum absolute atomic E-state index is 14.1. The molecule has 40 heavy (non-hydrogen) atoms. The van der Waals surface area contributed by atoms with Crippen LogP contribution in [0.2, 0.25) is 5.02 Å². The molecule has 7 nitrogen and oxygen atoms in total. The van der Waals surface area contributed by atoms with Crippen LogP contribution >= 0.6 is 11.6 Å². The number of amides is 2. The van der Waals surface area contributed by atoms with Crippen molar-refractivity contribution in [1.82, 2.24) is 10.2 Å². The molecule has 0 bridgehead atoms. The first-order valence-corrected chi connectivity index (χ1v) is 15.2. The van der Waals surface area contributed by atoms with Crippen molar-refractivity contribution < 1.29 is 22.4 Å². The average molecular weight is 588 g/mol. The molecule has 0 saturated carbocycles. The summed E-state index contributed by atoms with van der Waals surface area (Å²) in [4.78, 5) is 29.1. The highest BCUT2D eigenvalue weighted by Crippen LogP contribution is 2.26. The number of anilines is 1. The van der Waals surface area contributed by atoms with Crippen molar-refractivity contribution in [3.8, 4) is 0 Å². The van der Waals surface area contributed by atoms with Gasteiger partial charge in [-0.15, -0.1) is 0 Å². The van der Waals surface area contributed by atoms with E-state index in [0.29, 0.717) is 28.3 Å². The Morgan fingerprint density at radius 1 is 1.00 bits per heavy atom. The first kappa shape index (κ1) is 31.1. The van der Waals surface area contributed by atoms with Crippen LogP contribution in [-0.4, -0.2) is 50.0 Å². The molecule has 3 aromatic carbocycles. The molecule has 3 aromatic rings. The van der Waals surface area contributed by atoms with E-state index in [4.69, 9.17) is 11.6 Å². The zero-order valence-electron chi connectivity index (χ0n) is 23.1. The molecule has 0 aliphatic rings. The minimum absolute atomic E-state index is 0.0261. The number of nitrogens with zero attached hydrogens (tertiary/aromatic N) is 2. The van der Waals surface area contributed by atoms with Gasteiger partial charge in [0.1, 0.15) is 18.4 Å². The van der Waals surface area contributed by atoms with Gasteiger partial charge in [0, 0.05) is 24.0 Å². The quantitative estimate of drug-likeness (QED) is 0.319. The Bertz CT molecular complexity index is 1420. The van der Waals surface area contributed by atoms with Crippen molar-refractivity contribution in [3.05, 3.63) is 100 Å². The van der Waals surface area contributed by atoms with Crippen LogP contribution in [0.1, 0.15) is 37.0 Å². The molecule has 0 unspecified atom stereocenters. The van der Waals surface area contributed by atoms with Crippen LogP contribution in [0.15, 0.2) is 72.8 Å². The first-order chi connectivity index (χ1) is 18.9. The number of carbonyl (C=O) groups is 2. The molecule has 1 N–H and O–H groups in total. The van der Waals surface area contributed by atoms with Gasteiger partial charge in [0.15, 0.2) is 0 Å². The highest BCUT2D eigenvalue weighted by Gasteiger charge is 2.33. The van der Waals surface area contributed by atoms with Gasteiger partial charge >= 0.3 is 0 Å². The van der Waals surface area contributed by atoms with Gasteiger partial charge in [-0.2, -0.15) is 0 Å². The van der Waals surface area contributed by atoms with Gasteiger partial charge in [-0.05, 0) is 67.3 Å². The Morgan fingerprint density at radius 2 is 1.65 bits per heavy atom. The van der Waals surface area contributed by atoms with Gasteiger partial charge in [-0.1, -0.05) is 61.0 Å². The highest BCUT2D eigenvalue weighted by atomic mass is 35.5. The molecule has 2 amide bonds. The number of carbonyl (C=O) groups excluding carboxylic acids is 2. The summed E-state index contributed by atoms with van der Waals surface area (Å²) in [6.45, 7) is 4.96. The second-order valence-electron chi connectivity index (χ2n) is 9.87. The predicted octanol–water partition coefficient (Wildman–Crippen LogP) is 5.11. The second kappa shape index (κ2) is 13.8. The predicted molar refractivity (Wildman–Crippen MR) is 157 cm³/mol. The Labute approximate surface area is 241 Å². The van der Waals surface area contributed by atoms with Crippen molar-refractivity contribution in [2.75, 3.05) is 17.1 Å². The van der Waals surface area contributed by atoms with E-state index in [1.807, 2.05) is 44.2 Å². The summed E-state index contributed by atoms with van der Waals surface area (Å²) in [7, 11) is -3.90. The van der Waals surface area contributed by atoms with Crippen LogP contribution in [-0.2, 0) is 32.6 Å². The Hall–Kier alpha value is -3.43. The highest BCUT2D eigenvalue weighted by molar-refractivity contribution is 7.92. The fourth-order valence-electron chi connectivity index (χ4n) is 4.28. The van der Waals surface area contributed by atoms with Gasteiger partial charge < -0.3 is 10.2 Å². The fourth-order valence-corrected chi connectivity index (χ4v) is 5.41. The third kappa shape index (κ3) is 8.53. The summed E-state index contributed by atoms with van der Waals surface area (Å²) in [6.07, 6.45) is 1.91. The lowest BCUT2D eigenvalue weighted by Crippen LogP contribution is -2.54. The van der Waals surface area contributed by atoms with Crippen molar-refractivity contribution in [3.63, 3.8) is 0 Å². The summed E-state index contributed by atoms with van der Waals surface area (Å²) in [5.74, 6) is -1.37. The molecule has 0 fully saturated rings. The Kier molecular flexibility index (Phi) is 10.7. The molecular weight excluding hydrogens is 553 g/mol. The van der Waals surface area contributed by atoms with E-state index in [2.05, 4.69) is 5.32 Å². The van der Waals surface area contributed by atoms with E-state index < -0.39 is 34.3 Å². The lowest BCUT2D eigenvalue weighted by molar-refractivity contribution is -0.140. The zero-order chi connectivity index (χ0) is 29.4. The Balaban J connectivity index is 2.07. The topological polar surface area (TPSA) is 86.8 Å². The molecule has 10 heteroatoms. The van der Waals surface area contributed by atoms with E-state index in [1.165, 1.54) is 17.0 Å². The summed E-state index contributed by atoms with van der Waals surface area (Å²) in [6, 6.07) is 18.6. The van der Waals surface area contributed by atoms with Gasteiger partial charge in [0.25, 0.3) is 0 Å². The van der Waals surface area contributed by atoms with Crippen molar-refractivity contribution in [1.29, 1.82) is 0 Å². The molecule has 0 aliphatic carbocycles. The maximum atomic E-state index is 14.1. The van der Waals surface area contributed by atoms with Gasteiger partial charge in [0.05, 0.1) is 11.9 Å². The van der Waals surface area contributed by atoms with Gasteiger partial charge in [0.2, 0.25) is 21.8 Å². The molecule has 0 saturated heterocycles. The van der Waals surface area contributed by atoms with Crippen LogP contribution in [0.4, 0.5) is 10.1 Å². The van der Waals surface area contributed by atoms with Crippen LogP contribution in [0, 0.1) is 12.7 Å². The molecule has 0 aliphatic heterocycles. The number of hydrogen-bond acceptors (Lipinski definition) is 4. The lowest BCUT2D eigenvalue weighted by atomic mass is 10.0. The van der Waals surface area contributed by atoms with E-state index in [1.54, 1.807) is 37.3 Å². The SMILES string of the molecule is CC[C@H](C)NC(=O)[C@@H](Cc1ccccc1)N(Cc1ccc(F)cc1)C(=O)CN(c1ccc(Cl)cc1C)S(C)(=O)=O. The fraction of sp³-hybridized carbons (Fsp3) is 0.333. The number of nitrogens with one attached hydrogen (secondary N) is 1. The zero-order valence-corrected chi connectivity index (χ0v) is 24.7. The van der Waals surface area contributed by atoms with E-state index >= 15 is 0 Å². The summed E-state index contributed by atoms with van der Waals surface area (Å²) in [5.41, 5.74) is 2.31. The normalized spacial score (nSPS) is 12.8. The maximum Gasteiger partial charge on any atom is 0.244 e. The number of benzene rings is 3. The van der Waals surface area contributed by atoms with E-state index in [9.17, 15) is 22.4 Å². The average Bonchev–Trinajstić information content (AvgIpc) is 2.90. The molecule has 0 radical (unpaired) electrons. The van der Waals surface area contributed by atoms with E-state index in [-0.39, 0.29) is 24.9 Å². The first-order valence-electron chi connectivity index (χ1n) is 13.0. The Morgan fingerprint density at radius 3 is 2.23 bits per heavy atom. The van der Waals surface area contributed by atoms with Crippen molar-refractivity contribution >= 4 is 39.1 Å². The minimum atomic E-state index is -3.90. The van der Waals surface area contributed by atoms with Crippen molar-refractivity contribution in [2.45, 2.75) is 52.2 Å². The van der Waals surface area contributed by atoms with Gasteiger partial charge in [-0.3, -0.25) is 13.9 Å². The number of halogens is 2. The largest absolute Gasteiger partial charge is 0.352 e. The third-order valence-corrected chi connectivity index (χ3v) is 8.01. The summed E-state index contributed by atoms with van der Waals surface area (Å²) >= 11 is 6.09. The molecule has 0 heterocycles. The minimum Gasteiger partial charge on any atom is -0.352 e. The van der Waals surface area contributed by atoms with E-state index in [0.717, 1.165) is 16.1 Å². The standard InChI is InChI=1S/C30H35ClFN3O4S/c1-5-22(3)33-30(37)28(18-23-9-7-6-8-10-23)34(19-24-11-14-26(32)15-12-24)29(36)20-35(40(4,38)39)27-16-13-25(31)17-21(27)2/h6-17,22,28H,5,18-20H2,1-4H3,(H,33,37)/t22-,28+/m0/s1. The third-order valence-electron chi connectivity index (χ3n) is 6.65. The molecule has 0 aromatic heterocycles. The number of aryl methyl sites for hydroxylation is 1. The van der Waals surface area contributed by atoms with Crippen molar-refractivity contribution in [2.24, 2.45) is 0 Å². The number of hydrogen-bond donors (Lipinski definition) is 1. The number of sulfonamides is 1. The smallest absolute Gasteiger partial charge is 0.244 e. The number of rotatable bonds is 12. The molecule has 3 rings (SSSR count). The molecule has 2 atom stereocenters. The van der Waals surface area contributed by atoms with Crippen LogP contribution in [0.25, 0.3) is 0 Å². The monoisotopic (exact) mass is 587 g/mol.